The summed E-state index contributed by atoms with van der Waals surface area (Å²) in [6.07, 6.45) is 1.84. The van der Waals surface area contributed by atoms with Crippen molar-refractivity contribution in [3.8, 4) is 5.75 Å². The minimum atomic E-state index is -0.0908. The van der Waals surface area contributed by atoms with Crippen LogP contribution in [0.3, 0.4) is 0 Å². The Hall–Kier alpha value is -2.05. The van der Waals surface area contributed by atoms with E-state index in [-0.39, 0.29) is 23.9 Å². The van der Waals surface area contributed by atoms with Crippen molar-refractivity contribution in [1.82, 2.24) is 10.2 Å². The molecular formula is C19H19ClN2O3S. The van der Waals surface area contributed by atoms with Gasteiger partial charge in [0.2, 0.25) is 0 Å². The predicted molar refractivity (Wildman–Crippen MR) is 101 cm³/mol. The normalized spacial score (nSPS) is 23.9. The maximum absolute atomic E-state index is 13.1. The number of nitrogens with one attached hydrogen (secondary N) is 1. The second-order valence-electron chi connectivity index (χ2n) is 6.76. The number of hydrogen-bond acceptors (Lipinski definition) is 4. The summed E-state index contributed by atoms with van der Waals surface area (Å²) in [5.74, 6) is 0.779. The van der Waals surface area contributed by atoms with Gasteiger partial charge >= 0.3 is 0 Å². The van der Waals surface area contributed by atoms with E-state index in [1.54, 1.807) is 25.3 Å². The topological polar surface area (TPSA) is 58.6 Å². The second-order valence-corrected chi connectivity index (χ2v) is 8.15. The highest BCUT2D eigenvalue weighted by Crippen LogP contribution is 2.39. The summed E-state index contributed by atoms with van der Waals surface area (Å²) in [4.78, 5) is 28.1. The van der Waals surface area contributed by atoms with Crippen molar-refractivity contribution >= 4 is 34.8 Å². The van der Waals surface area contributed by atoms with Gasteiger partial charge in [0.05, 0.1) is 23.6 Å². The molecule has 1 aromatic carbocycles. The van der Waals surface area contributed by atoms with Gasteiger partial charge in [-0.3, -0.25) is 9.59 Å². The van der Waals surface area contributed by atoms with Crippen LogP contribution in [-0.2, 0) is 0 Å². The van der Waals surface area contributed by atoms with Gasteiger partial charge in [-0.15, -0.1) is 11.3 Å². The van der Waals surface area contributed by atoms with Crippen molar-refractivity contribution in [2.45, 2.75) is 24.9 Å². The van der Waals surface area contributed by atoms with Crippen molar-refractivity contribution in [2.24, 2.45) is 5.92 Å². The fraction of sp³-hybridized carbons (Fsp3) is 0.368. The molecule has 2 aromatic rings. The van der Waals surface area contributed by atoms with Crippen LogP contribution in [0, 0.1) is 5.92 Å². The highest BCUT2D eigenvalue weighted by molar-refractivity contribution is 7.12. The molecule has 1 saturated carbocycles. The number of nitrogens with zero attached hydrogens (tertiary/aromatic N) is 1. The van der Waals surface area contributed by atoms with E-state index in [1.807, 2.05) is 22.4 Å². The molecule has 0 spiro atoms. The van der Waals surface area contributed by atoms with Gasteiger partial charge < -0.3 is 15.0 Å². The van der Waals surface area contributed by atoms with E-state index in [0.717, 1.165) is 12.8 Å². The molecule has 1 saturated heterocycles. The van der Waals surface area contributed by atoms with Gasteiger partial charge in [-0.2, -0.15) is 0 Å². The zero-order valence-corrected chi connectivity index (χ0v) is 15.8. The van der Waals surface area contributed by atoms with E-state index in [4.69, 9.17) is 16.3 Å². The molecule has 1 N–H and O–H groups in total. The fourth-order valence-corrected chi connectivity index (χ4v) is 4.86. The van der Waals surface area contributed by atoms with Crippen LogP contribution in [0.2, 0.25) is 5.02 Å². The van der Waals surface area contributed by atoms with E-state index in [2.05, 4.69) is 5.32 Å². The lowest BCUT2D eigenvalue weighted by molar-refractivity contribution is 0.0646. The predicted octanol–water partition coefficient (Wildman–Crippen LogP) is 3.44. The Morgan fingerprint density at radius 3 is 2.85 bits per heavy atom. The third-order valence-electron chi connectivity index (χ3n) is 5.20. The first-order chi connectivity index (χ1) is 12.6. The second kappa shape index (κ2) is 6.93. The first kappa shape index (κ1) is 17.4. The Kier molecular flexibility index (Phi) is 4.63. The number of amides is 2. The van der Waals surface area contributed by atoms with Crippen molar-refractivity contribution in [3.63, 3.8) is 0 Å². The number of carbonyl (C=O) groups is 2. The lowest BCUT2D eigenvalue weighted by Crippen LogP contribution is -2.51. The molecule has 2 heterocycles. The third kappa shape index (κ3) is 3.08. The number of ether oxygens (including phenoxy) is 1. The summed E-state index contributed by atoms with van der Waals surface area (Å²) >= 11 is 7.50. The molecule has 5 nitrogen and oxygen atoms in total. The molecule has 2 aliphatic rings. The number of rotatable bonds is 4. The Bertz CT molecular complexity index is 839. The summed E-state index contributed by atoms with van der Waals surface area (Å²) in [6, 6.07) is 8.73. The van der Waals surface area contributed by atoms with E-state index in [9.17, 15) is 9.59 Å². The molecule has 26 heavy (non-hydrogen) atoms. The molecule has 1 aliphatic carbocycles. The van der Waals surface area contributed by atoms with Crippen LogP contribution in [0.15, 0.2) is 35.7 Å². The SMILES string of the molecule is COc1ccc(Cl)cc1C(=O)N1C[C@@H]2C[C@H](NC(=O)c3cccs3)[C@H]1C2. The number of benzene rings is 1. The zero-order chi connectivity index (χ0) is 18.3. The van der Waals surface area contributed by atoms with Crippen molar-refractivity contribution in [1.29, 1.82) is 0 Å². The molecule has 2 fully saturated rings. The number of carbonyl (C=O) groups excluding carboxylic acids is 2. The summed E-state index contributed by atoms with van der Waals surface area (Å²) in [5, 5.41) is 5.50. The summed E-state index contributed by atoms with van der Waals surface area (Å²) in [7, 11) is 1.54. The molecule has 0 unspecified atom stereocenters. The highest BCUT2D eigenvalue weighted by atomic mass is 35.5. The largest absolute Gasteiger partial charge is 0.496 e. The zero-order valence-electron chi connectivity index (χ0n) is 14.3. The Morgan fingerprint density at radius 1 is 1.31 bits per heavy atom. The van der Waals surface area contributed by atoms with Gasteiger partial charge in [0.15, 0.2) is 0 Å². The number of fused-ring (bicyclic) bond motifs is 2. The third-order valence-corrected chi connectivity index (χ3v) is 6.30. The number of thiophene rings is 1. The summed E-state index contributed by atoms with van der Waals surface area (Å²) < 4.78 is 5.33. The van der Waals surface area contributed by atoms with E-state index in [1.165, 1.54) is 11.3 Å². The number of halogens is 1. The highest BCUT2D eigenvalue weighted by Gasteiger charge is 2.47. The molecule has 2 bridgehead atoms. The van der Waals surface area contributed by atoms with E-state index < -0.39 is 0 Å². The van der Waals surface area contributed by atoms with Crippen LogP contribution in [-0.4, -0.2) is 42.5 Å². The minimum absolute atomic E-state index is 0.0140. The van der Waals surface area contributed by atoms with Crippen LogP contribution >= 0.6 is 22.9 Å². The Labute approximate surface area is 160 Å². The molecule has 2 amide bonds. The van der Waals surface area contributed by atoms with E-state index in [0.29, 0.717) is 33.7 Å². The molecule has 7 heteroatoms. The van der Waals surface area contributed by atoms with Gasteiger partial charge in [-0.25, -0.2) is 0 Å². The number of piperidine rings is 1. The van der Waals surface area contributed by atoms with Crippen LogP contribution < -0.4 is 10.1 Å². The van der Waals surface area contributed by atoms with Crippen molar-refractivity contribution < 1.29 is 14.3 Å². The maximum Gasteiger partial charge on any atom is 0.261 e. The van der Waals surface area contributed by atoms with Crippen LogP contribution in [0.1, 0.15) is 32.9 Å². The van der Waals surface area contributed by atoms with Crippen molar-refractivity contribution in [3.05, 3.63) is 51.2 Å². The van der Waals surface area contributed by atoms with Crippen LogP contribution in [0.5, 0.6) is 5.75 Å². The monoisotopic (exact) mass is 390 g/mol. The standard InChI is InChI=1S/C19H19ClN2O3S/c1-25-16-5-4-12(20)9-13(16)19(24)22-10-11-7-14(15(22)8-11)21-18(23)17-3-2-6-26-17/h2-6,9,11,14-15H,7-8,10H2,1H3,(H,21,23)/t11-,14+,15-/m1/s1. The molecular weight excluding hydrogens is 372 g/mol. The first-order valence-corrected chi connectivity index (χ1v) is 9.81. The average molecular weight is 391 g/mol. The number of likely N-dealkylation sites (tertiary alicyclic amines) is 1. The minimum Gasteiger partial charge on any atom is -0.496 e. The van der Waals surface area contributed by atoms with Gasteiger partial charge in [0.1, 0.15) is 5.75 Å². The maximum atomic E-state index is 13.1. The molecule has 136 valence electrons. The van der Waals surface area contributed by atoms with Gasteiger partial charge in [0, 0.05) is 17.6 Å². The quantitative estimate of drug-likeness (QED) is 0.869. The lowest BCUT2D eigenvalue weighted by Gasteiger charge is -2.34. The Morgan fingerprint density at radius 2 is 2.15 bits per heavy atom. The first-order valence-electron chi connectivity index (χ1n) is 8.55. The number of hydrogen-bond donors (Lipinski definition) is 1. The van der Waals surface area contributed by atoms with Crippen molar-refractivity contribution in [2.75, 3.05) is 13.7 Å². The lowest BCUT2D eigenvalue weighted by atomic mass is 10.0. The van der Waals surface area contributed by atoms with Crippen LogP contribution in [0.4, 0.5) is 0 Å². The molecule has 0 radical (unpaired) electrons. The number of methoxy groups -OCH3 is 1. The smallest absolute Gasteiger partial charge is 0.261 e. The van der Waals surface area contributed by atoms with Crippen LogP contribution in [0.25, 0.3) is 0 Å². The average Bonchev–Trinajstić information content (AvgIpc) is 3.37. The summed E-state index contributed by atoms with van der Waals surface area (Å²) in [6.45, 7) is 0.713. The summed E-state index contributed by atoms with van der Waals surface area (Å²) in [5.41, 5.74) is 0.468. The molecule has 4 rings (SSSR count). The van der Waals surface area contributed by atoms with Gasteiger partial charge in [0.25, 0.3) is 11.8 Å². The Balaban J connectivity index is 1.53. The van der Waals surface area contributed by atoms with Gasteiger partial charge in [-0.05, 0) is 48.4 Å². The van der Waals surface area contributed by atoms with E-state index >= 15 is 0 Å². The molecule has 3 atom stereocenters. The fourth-order valence-electron chi connectivity index (χ4n) is 4.06. The molecule has 1 aromatic heterocycles. The molecule has 1 aliphatic heterocycles. The van der Waals surface area contributed by atoms with Gasteiger partial charge in [-0.1, -0.05) is 17.7 Å².